The number of hydrogen-bond acceptors (Lipinski definition) is 5. The summed E-state index contributed by atoms with van der Waals surface area (Å²) in [7, 11) is 0. The number of aromatic amines is 1. The van der Waals surface area contributed by atoms with E-state index in [2.05, 4.69) is 4.98 Å². The second-order valence-corrected chi connectivity index (χ2v) is 5.08. The maximum absolute atomic E-state index is 12.1. The number of aromatic nitrogens is 1. The normalized spacial score (nSPS) is 15.9. The van der Waals surface area contributed by atoms with Crippen LogP contribution in [0.5, 0.6) is 0 Å². The van der Waals surface area contributed by atoms with Gasteiger partial charge in [-0.3, -0.25) is 19.8 Å². The Hall–Kier alpha value is -1.73. The SMILES string of the molecule is O=C(CN(CCO)C1CCCC1)c1cc([N+](=O)[O-])c[nH]1. The molecule has 1 fully saturated rings. The zero-order valence-corrected chi connectivity index (χ0v) is 11.2. The molecule has 0 radical (unpaired) electrons. The molecule has 7 nitrogen and oxygen atoms in total. The van der Waals surface area contributed by atoms with Crippen molar-refractivity contribution in [2.75, 3.05) is 19.7 Å². The Kier molecular flexibility index (Phi) is 4.86. The monoisotopic (exact) mass is 281 g/mol. The van der Waals surface area contributed by atoms with Crippen LogP contribution >= 0.6 is 0 Å². The molecule has 0 amide bonds. The molecule has 2 N–H and O–H groups in total. The smallest absolute Gasteiger partial charge is 0.287 e. The Morgan fingerprint density at radius 1 is 1.50 bits per heavy atom. The largest absolute Gasteiger partial charge is 0.395 e. The number of aliphatic hydroxyl groups is 1. The molecule has 0 unspecified atom stereocenters. The van der Waals surface area contributed by atoms with Crippen molar-refractivity contribution in [3.63, 3.8) is 0 Å². The van der Waals surface area contributed by atoms with Crippen molar-refractivity contribution >= 4 is 11.5 Å². The zero-order chi connectivity index (χ0) is 14.5. The van der Waals surface area contributed by atoms with Gasteiger partial charge in [-0.2, -0.15) is 0 Å². The molecule has 0 aliphatic heterocycles. The number of rotatable bonds is 7. The highest BCUT2D eigenvalue weighted by Crippen LogP contribution is 2.23. The van der Waals surface area contributed by atoms with Crippen LogP contribution in [0.15, 0.2) is 12.3 Å². The third-order valence-corrected chi connectivity index (χ3v) is 3.75. The lowest BCUT2D eigenvalue weighted by molar-refractivity contribution is -0.384. The first-order valence-corrected chi connectivity index (χ1v) is 6.82. The fourth-order valence-electron chi connectivity index (χ4n) is 2.71. The molecule has 20 heavy (non-hydrogen) atoms. The first-order chi connectivity index (χ1) is 9.61. The topological polar surface area (TPSA) is 99.5 Å². The number of carbonyl (C=O) groups is 1. The molecule has 0 saturated heterocycles. The molecular weight excluding hydrogens is 262 g/mol. The second kappa shape index (κ2) is 6.62. The average Bonchev–Trinajstić information content (AvgIpc) is 3.09. The summed E-state index contributed by atoms with van der Waals surface area (Å²) in [6, 6.07) is 1.59. The first kappa shape index (κ1) is 14.7. The molecule has 0 spiro atoms. The summed E-state index contributed by atoms with van der Waals surface area (Å²) in [5, 5.41) is 19.7. The summed E-state index contributed by atoms with van der Waals surface area (Å²) >= 11 is 0. The fraction of sp³-hybridized carbons (Fsp3) is 0.615. The molecule has 110 valence electrons. The maximum atomic E-state index is 12.1. The number of aliphatic hydroxyl groups excluding tert-OH is 1. The highest BCUT2D eigenvalue weighted by atomic mass is 16.6. The molecule has 0 bridgehead atoms. The third-order valence-electron chi connectivity index (χ3n) is 3.75. The molecule has 7 heteroatoms. The Labute approximate surface area is 116 Å². The Balaban J connectivity index is 2.01. The lowest BCUT2D eigenvalue weighted by Crippen LogP contribution is -2.39. The van der Waals surface area contributed by atoms with Gasteiger partial charge in [0.25, 0.3) is 5.69 Å². The maximum Gasteiger partial charge on any atom is 0.287 e. The standard InChI is InChI=1S/C13H19N3O4/c17-6-5-15(10-3-1-2-4-10)9-13(18)12-7-11(8-14-12)16(19)20/h7-8,10,14,17H,1-6,9H2. The van der Waals surface area contributed by atoms with Crippen molar-refractivity contribution in [3.8, 4) is 0 Å². The van der Waals surface area contributed by atoms with Crippen LogP contribution in [0.25, 0.3) is 0 Å². The van der Waals surface area contributed by atoms with Gasteiger partial charge in [0.1, 0.15) is 0 Å². The summed E-state index contributed by atoms with van der Waals surface area (Å²) in [4.78, 5) is 26.8. The van der Waals surface area contributed by atoms with Crippen LogP contribution in [-0.4, -0.2) is 51.4 Å². The predicted molar refractivity (Wildman–Crippen MR) is 72.7 cm³/mol. The predicted octanol–water partition coefficient (Wildman–Crippen LogP) is 1.34. The van der Waals surface area contributed by atoms with E-state index in [0.29, 0.717) is 12.6 Å². The minimum absolute atomic E-state index is 0.00859. The van der Waals surface area contributed by atoms with Crippen molar-refractivity contribution in [2.24, 2.45) is 0 Å². The number of nitrogens with one attached hydrogen (secondary N) is 1. The highest BCUT2D eigenvalue weighted by molar-refractivity contribution is 5.96. The number of ketones is 1. The summed E-state index contributed by atoms with van der Waals surface area (Å²) in [5.74, 6) is -0.182. The van der Waals surface area contributed by atoms with E-state index in [9.17, 15) is 14.9 Å². The molecule has 1 heterocycles. The van der Waals surface area contributed by atoms with Gasteiger partial charge in [0.2, 0.25) is 0 Å². The van der Waals surface area contributed by atoms with Gasteiger partial charge in [-0.15, -0.1) is 0 Å². The molecule has 1 aromatic rings. The number of H-pyrrole nitrogens is 1. The Morgan fingerprint density at radius 2 is 2.20 bits per heavy atom. The van der Waals surface area contributed by atoms with Gasteiger partial charge in [0.15, 0.2) is 5.78 Å². The lowest BCUT2D eigenvalue weighted by Gasteiger charge is -2.27. The number of hydrogen-bond donors (Lipinski definition) is 2. The molecule has 1 aliphatic carbocycles. The van der Waals surface area contributed by atoms with Crippen LogP contribution in [0.2, 0.25) is 0 Å². The van der Waals surface area contributed by atoms with Gasteiger partial charge in [-0.05, 0) is 12.8 Å². The summed E-state index contributed by atoms with van der Waals surface area (Å²) in [6.07, 6.45) is 5.60. The fourth-order valence-corrected chi connectivity index (χ4v) is 2.71. The first-order valence-electron chi connectivity index (χ1n) is 6.82. The van der Waals surface area contributed by atoms with Crippen molar-refractivity contribution in [1.82, 2.24) is 9.88 Å². The third kappa shape index (κ3) is 3.43. The zero-order valence-electron chi connectivity index (χ0n) is 11.2. The van der Waals surface area contributed by atoms with E-state index in [-0.39, 0.29) is 30.3 Å². The summed E-state index contributed by atoms with van der Waals surface area (Å²) < 4.78 is 0. The second-order valence-electron chi connectivity index (χ2n) is 5.08. The van der Waals surface area contributed by atoms with E-state index in [1.807, 2.05) is 4.90 Å². The molecule has 2 rings (SSSR count). The van der Waals surface area contributed by atoms with Crippen LogP contribution in [-0.2, 0) is 0 Å². The number of nitro groups is 1. The van der Waals surface area contributed by atoms with Gasteiger partial charge < -0.3 is 10.1 Å². The van der Waals surface area contributed by atoms with Crippen LogP contribution in [0.3, 0.4) is 0 Å². The number of Topliss-reactive ketones (excluding diaryl/α,β-unsaturated/α-hetero) is 1. The van der Waals surface area contributed by atoms with Crippen LogP contribution in [0, 0.1) is 10.1 Å². The minimum Gasteiger partial charge on any atom is -0.395 e. The summed E-state index contributed by atoms with van der Waals surface area (Å²) in [5.41, 5.74) is 0.139. The van der Waals surface area contributed by atoms with Gasteiger partial charge >= 0.3 is 0 Å². The molecule has 0 atom stereocenters. The van der Waals surface area contributed by atoms with E-state index < -0.39 is 4.92 Å². The molecule has 1 aliphatic rings. The average molecular weight is 281 g/mol. The van der Waals surface area contributed by atoms with E-state index in [1.165, 1.54) is 12.3 Å². The van der Waals surface area contributed by atoms with Crippen molar-refractivity contribution in [2.45, 2.75) is 31.7 Å². The Morgan fingerprint density at radius 3 is 2.75 bits per heavy atom. The number of nitrogens with zero attached hydrogens (tertiary/aromatic N) is 2. The van der Waals surface area contributed by atoms with Gasteiger partial charge in [-0.1, -0.05) is 12.8 Å². The Bertz CT molecular complexity index is 480. The van der Waals surface area contributed by atoms with Gasteiger partial charge in [0.05, 0.1) is 30.0 Å². The lowest BCUT2D eigenvalue weighted by atomic mass is 10.1. The van der Waals surface area contributed by atoms with Crippen molar-refractivity contribution in [1.29, 1.82) is 0 Å². The molecule has 0 aromatic carbocycles. The molecule has 1 saturated carbocycles. The number of carbonyl (C=O) groups excluding carboxylic acids is 1. The van der Waals surface area contributed by atoms with Crippen LogP contribution in [0.1, 0.15) is 36.2 Å². The van der Waals surface area contributed by atoms with E-state index in [0.717, 1.165) is 25.7 Å². The molecule has 1 aromatic heterocycles. The quantitative estimate of drug-likeness (QED) is 0.446. The highest BCUT2D eigenvalue weighted by Gasteiger charge is 2.25. The van der Waals surface area contributed by atoms with Gasteiger partial charge in [0, 0.05) is 18.7 Å². The van der Waals surface area contributed by atoms with Crippen LogP contribution < -0.4 is 0 Å². The van der Waals surface area contributed by atoms with E-state index in [1.54, 1.807) is 0 Å². The van der Waals surface area contributed by atoms with Crippen molar-refractivity contribution in [3.05, 3.63) is 28.1 Å². The van der Waals surface area contributed by atoms with Crippen LogP contribution in [0.4, 0.5) is 5.69 Å². The van der Waals surface area contributed by atoms with E-state index >= 15 is 0 Å². The van der Waals surface area contributed by atoms with Crippen molar-refractivity contribution < 1.29 is 14.8 Å². The van der Waals surface area contributed by atoms with Gasteiger partial charge in [-0.25, -0.2) is 0 Å². The molecular formula is C13H19N3O4. The van der Waals surface area contributed by atoms with E-state index in [4.69, 9.17) is 5.11 Å². The minimum atomic E-state index is -0.532. The summed E-state index contributed by atoms with van der Waals surface area (Å²) in [6.45, 7) is 0.650.